The van der Waals surface area contributed by atoms with Gasteiger partial charge in [-0.2, -0.15) is 0 Å². The second-order valence-corrected chi connectivity index (χ2v) is 5.76. The number of nitrogens with one attached hydrogen (secondary N) is 1. The molecule has 2 heterocycles. The van der Waals surface area contributed by atoms with E-state index in [0.717, 1.165) is 13.1 Å². The Morgan fingerprint density at radius 1 is 1.71 bits per heavy atom. The Kier molecular flexibility index (Phi) is 4.37. The summed E-state index contributed by atoms with van der Waals surface area (Å²) in [6.45, 7) is 11.5. The molecule has 0 radical (unpaired) electrons. The topological polar surface area (TPSA) is 15.3 Å². The molecule has 0 spiro atoms. The second kappa shape index (κ2) is 5.80. The molecule has 1 aliphatic rings. The van der Waals surface area contributed by atoms with Crippen LogP contribution in [0.5, 0.6) is 0 Å². The minimum absolute atomic E-state index is 0.561. The van der Waals surface area contributed by atoms with Crippen molar-refractivity contribution < 1.29 is 0 Å². The highest BCUT2D eigenvalue weighted by Gasteiger charge is 2.27. The van der Waals surface area contributed by atoms with E-state index >= 15 is 0 Å². The van der Waals surface area contributed by atoms with Crippen LogP contribution < -0.4 is 5.32 Å². The summed E-state index contributed by atoms with van der Waals surface area (Å²) < 4.78 is 0. The smallest absolute Gasteiger partial charge is 0.0334 e. The first-order valence-electron chi connectivity index (χ1n) is 6.37. The molecule has 0 saturated carbocycles. The Balaban J connectivity index is 1.96. The van der Waals surface area contributed by atoms with Crippen LogP contribution in [0, 0.1) is 0 Å². The maximum Gasteiger partial charge on any atom is 0.0334 e. The van der Waals surface area contributed by atoms with Crippen molar-refractivity contribution in [3.63, 3.8) is 0 Å². The molecule has 2 rings (SSSR count). The first-order chi connectivity index (χ1) is 8.24. The summed E-state index contributed by atoms with van der Waals surface area (Å²) in [4.78, 5) is 4.19. The second-order valence-electron chi connectivity index (χ2n) is 4.76. The molecule has 0 amide bonds. The molecule has 17 heavy (non-hydrogen) atoms. The van der Waals surface area contributed by atoms with Crippen LogP contribution in [0.3, 0.4) is 0 Å². The fourth-order valence-electron chi connectivity index (χ4n) is 2.64. The fourth-order valence-corrected chi connectivity index (χ4v) is 3.61. The van der Waals surface area contributed by atoms with E-state index in [1.807, 2.05) is 17.4 Å². The van der Waals surface area contributed by atoms with Crippen molar-refractivity contribution in [2.24, 2.45) is 0 Å². The van der Waals surface area contributed by atoms with Gasteiger partial charge in [-0.05, 0) is 37.3 Å². The molecule has 1 N–H and O–H groups in total. The zero-order valence-electron chi connectivity index (χ0n) is 10.8. The Labute approximate surface area is 108 Å². The molecule has 0 saturated heterocycles. The van der Waals surface area contributed by atoms with Gasteiger partial charge in [-0.15, -0.1) is 17.9 Å². The van der Waals surface area contributed by atoms with Gasteiger partial charge in [-0.25, -0.2) is 0 Å². The van der Waals surface area contributed by atoms with E-state index in [1.54, 1.807) is 4.88 Å². The summed E-state index contributed by atoms with van der Waals surface area (Å²) in [6.07, 6.45) is 3.13. The zero-order valence-corrected chi connectivity index (χ0v) is 11.6. The van der Waals surface area contributed by atoms with Crippen LogP contribution in [0.25, 0.3) is 0 Å². The molecule has 0 bridgehead atoms. The molecule has 1 aliphatic heterocycles. The Hall–Kier alpha value is -0.640. The molecule has 0 aliphatic carbocycles. The first kappa shape index (κ1) is 12.8. The molecule has 0 fully saturated rings. The summed E-state index contributed by atoms with van der Waals surface area (Å²) in [6, 6.07) is 3.43. The largest absolute Gasteiger partial charge is 0.312 e. The van der Waals surface area contributed by atoms with E-state index in [2.05, 4.69) is 42.1 Å². The number of fused-ring (bicyclic) bond motifs is 1. The summed E-state index contributed by atoms with van der Waals surface area (Å²) in [5, 5.41) is 5.64. The van der Waals surface area contributed by atoms with Crippen LogP contribution >= 0.6 is 11.3 Å². The Bertz CT molecular complexity index is 372. The SMILES string of the molecule is C=CCNCC(C)N1CCc2sccc2C1C. The van der Waals surface area contributed by atoms with Crippen LogP contribution in [0.2, 0.25) is 0 Å². The summed E-state index contributed by atoms with van der Waals surface area (Å²) in [7, 11) is 0. The molecule has 3 heteroatoms. The average Bonchev–Trinajstić information content (AvgIpc) is 2.78. The molecule has 2 nitrogen and oxygen atoms in total. The fraction of sp³-hybridized carbons (Fsp3) is 0.571. The van der Waals surface area contributed by atoms with Crippen LogP contribution in [0.1, 0.15) is 30.3 Å². The molecule has 1 aromatic heterocycles. The van der Waals surface area contributed by atoms with Gasteiger partial charge in [0.15, 0.2) is 0 Å². The van der Waals surface area contributed by atoms with Crippen LogP contribution in [0.4, 0.5) is 0 Å². The number of hydrogen-bond donors (Lipinski definition) is 1. The normalized spacial score (nSPS) is 22.1. The lowest BCUT2D eigenvalue weighted by molar-refractivity contribution is 0.144. The van der Waals surface area contributed by atoms with Crippen LogP contribution in [0.15, 0.2) is 24.1 Å². The quantitative estimate of drug-likeness (QED) is 0.638. The van der Waals surface area contributed by atoms with Crippen LogP contribution in [-0.2, 0) is 6.42 Å². The van der Waals surface area contributed by atoms with Gasteiger partial charge >= 0.3 is 0 Å². The molecule has 0 aromatic carbocycles. The third kappa shape index (κ3) is 2.79. The van der Waals surface area contributed by atoms with Crippen molar-refractivity contribution in [2.45, 2.75) is 32.4 Å². The molecular weight excluding hydrogens is 228 g/mol. The highest BCUT2D eigenvalue weighted by molar-refractivity contribution is 7.10. The third-order valence-corrected chi connectivity index (χ3v) is 4.62. The summed E-state index contributed by atoms with van der Waals surface area (Å²) in [5.74, 6) is 0. The number of hydrogen-bond acceptors (Lipinski definition) is 3. The lowest BCUT2D eigenvalue weighted by atomic mass is 9.99. The number of thiophene rings is 1. The summed E-state index contributed by atoms with van der Waals surface area (Å²) in [5.41, 5.74) is 1.54. The van der Waals surface area contributed by atoms with Crippen molar-refractivity contribution in [3.8, 4) is 0 Å². The lowest BCUT2D eigenvalue weighted by Gasteiger charge is -2.38. The van der Waals surface area contributed by atoms with E-state index in [-0.39, 0.29) is 0 Å². The summed E-state index contributed by atoms with van der Waals surface area (Å²) >= 11 is 1.91. The van der Waals surface area contributed by atoms with Gasteiger partial charge in [0.05, 0.1) is 0 Å². The van der Waals surface area contributed by atoms with Gasteiger partial charge in [-0.3, -0.25) is 4.90 Å². The van der Waals surface area contributed by atoms with E-state index in [1.165, 1.54) is 18.5 Å². The molecule has 2 unspecified atom stereocenters. The minimum atomic E-state index is 0.561. The molecule has 94 valence electrons. The van der Waals surface area contributed by atoms with Gasteiger partial charge in [0.25, 0.3) is 0 Å². The number of nitrogens with zero attached hydrogens (tertiary/aromatic N) is 1. The molecule has 2 atom stereocenters. The van der Waals surface area contributed by atoms with Crippen molar-refractivity contribution in [1.29, 1.82) is 0 Å². The Morgan fingerprint density at radius 2 is 2.53 bits per heavy atom. The standard InChI is InChI=1S/C14H22N2S/c1-4-7-15-10-11(2)16-8-5-14-13(12(16)3)6-9-17-14/h4,6,9,11-12,15H,1,5,7-8,10H2,2-3H3. The van der Waals surface area contributed by atoms with E-state index in [0.29, 0.717) is 12.1 Å². The maximum absolute atomic E-state index is 3.73. The average molecular weight is 250 g/mol. The van der Waals surface area contributed by atoms with E-state index < -0.39 is 0 Å². The first-order valence-corrected chi connectivity index (χ1v) is 7.25. The van der Waals surface area contributed by atoms with E-state index in [4.69, 9.17) is 0 Å². The van der Waals surface area contributed by atoms with E-state index in [9.17, 15) is 0 Å². The monoisotopic (exact) mass is 250 g/mol. The maximum atomic E-state index is 3.73. The Morgan fingerprint density at radius 3 is 3.29 bits per heavy atom. The van der Waals surface area contributed by atoms with Crippen LogP contribution in [-0.4, -0.2) is 30.6 Å². The van der Waals surface area contributed by atoms with Crippen molar-refractivity contribution >= 4 is 11.3 Å². The van der Waals surface area contributed by atoms with Crippen molar-refractivity contribution in [2.75, 3.05) is 19.6 Å². The molecule has 1 aromatic rings. The minimum Gasteiger partial charge on any atom is -0.312 e. The van der Waals surface area contributed by atoms with Crippen molar-refractivity contribution in [1.82, 2.24) is 10.2 Å². The highest BCUT2D eigenvalue weighted by Crippen LogP contribution is 2.33. The predicted octanol–water partition coefficient (Wildman–Crippen LogP) is 2.83. The van der Waals surface area contributed by atoms with Gasteiger partial charge in [0.1, 0.15) is 0 Å². The lowest BCUT2D eigenvalue weighted by Crippen LogP contribution is -2.44. The predicted molar refractivity (Wildman–Crippen MR) is 75.7 cm³/mol. The van der Waals surface area contributed by atoms with Crippen molar-refractivity contribution in [3.05, 3.63) is 34.5 Å². The van der Waals surface area contributed by atoms with Gasteiger partial charge in [0.2, 0.25) is 0 Å². The van der Waals surface area contributed by atoms with Gasteiger partial charge < -0.3 is 5.32 Å². The highest BCUT2D eigenvalue weighted by atomic mass is 32.1. The molecular formula is C14H22N2S. The number of rotatable bonds is 5. The van der Waals surface area contributed by atoms with Gasteiger partial charge in [0, 0.05) is 36.6 Å². The zero-order chi connectivity index (χ0) is 12.3. The third-order valence-electron chi connectivity index (χ3n) is 3.62. The van der Waals surface area contributed by atoms with Gasteiger partial charge in [-0.1, -0.05) is 6.08 Å².